The maximum absolute atomic E-state index is 12.7. The van der Waals surface area contributed by atoms with Crippen LogP contribution in [0.4, 0.5) is 0 Å². The number of pyridine rings is 1. The molecule has 192 valence electrons. The number of carboxylic acid groups (broad SMARTS) is 1. The van der Waals surface area contributed by atoms with Crippen molar-refractivity contribution in [1.29, 1.82) is 0 Å². The molecule has 8 heteroatoms. The van der Waals surface area contributed by atoms with Crippen LogP contribution in [-0.4, -0.2) is 36.6 Å². The zero-order valence-corrected chi connectivity index (χ0v) is 21.7. The fourth-order valence-corrected chi connectivity index (χ4v) is 5.03. The van der Waals surface area contributed by atoms with Crippen molar-refractivity contribution in [3.05, 3.63) is 114 Å². The number of carbonyl (C=O) groups is 2. The molecule has 4 aromatic rings. The fraction of sp³-hybridized carbons (Fsp3) is 0.100. The maximum Gasteiger partial charge on any atom is 0.328 e. The van der Waals surface area contributed by atoms with Crippen molar-refractivity contribution < 1.29 is 23.1 Å². The zero-order chi connectivity index (χ0) is 27.3. The Bertz CT molecular complexity index is 1660. The van der Waals surface area contributed by atoms with E-state index >= 15 is 0 Å². The smallest absolute Gasteiger partial charge is 0.328 e. The number of aryl methyl sites for hydroxylation is 1. The van der Waals surface area contributed by atoms with Crippen LogP contribution in [0.2, 0.25) is 0 Å². The van der Waals surface area contributed by atoms with Gasteiger partial charge in [-0.25, -0.2) is 13.2 Å². The van der Waals surface area contributed by atoms with Gasteiger partial charge in [0.25, 0.3) is 5.91 Å². The summed E-state index contributed by atoms with van der Waals surface area (Å²) in [5.41, 5.74) is 6.09. The van der Waals surface area contributed by atoms with Gasteiger partial charge < -0.3 is 10.4 Å². The molecule has 0 saturated carbocycles. The first-order chi connectivity index (χ1) is 18.1. The summed E-state index contributed by atoms with van der Waals surface area (Å²) in [5.74, 6) is -1.39. The average Bonchev–Trinajstić information content (AvgIpc) is 2.90. The van der Waals surface area contributed by atoms with Gasteiger partial charge >= 0.3 is 5.97 Å². The Morgan fingerprint density at radius 3 is 2.24 bits per heavy atom. The monoisotopic (exact) mass is 526 g/mol. The van der Waals surface area contributed by atoms with E-state index in [1.807, 2.05) is 60.7 Å². The molecule has 7 nitrogen and oxygen atoms in total. The molecule has 38 heavy (non-hydrogen) atoms. The van der Waals surface area contributed by atoms with E-state index in [-0.39, 0.29) is 22.9 Å². The lowest BCUT2D eigenvalue weighted by atomic mass is 9.98. The summed E-state index contributed by atoms with van der Waals surface area (Å²) >= 11 is 0. The lowest BCUT2D eigenvalue weighted by molar-refractivity contribution is -0.131. The highest BCUT2D eigenvalue weighted by Crippen LogP contribution is 2.27. The number of hydrogen-bond acceptors (Lipinski definition) is 5. The molecule has 0 saturated heterocycles. The highest BCUT2D eigenvalue weighted by Gasteiger charge is 2.15. The molecule has 0 bridgehead atoms. The van der Waals surface area contributed by atoms with Gasteiger partial charge in [-0.1, -0.05) is 42.5 Å². The van der Waals surface area contributed by atoms with Crippen LogP contribution >= 0.6 is 0 Å². The molecule has 0 aliphatic rings. The molecule has 4 rings (SSSR count). The zero-order valence-electron chi connectivity index (χ0n) is 20.9. The van der Waals surface area contributed by atoms with E-state index in [0.29, 0.717) is 11.3 Å². The van der Waals surface area contributed by atoms with Crippen molar-refractivity contribution in [2.75, 3.05) is 6.26 Å². The molecular formula is C30H26N2O5S. The number of carbonyl (C=O) groups excluding carboxylic acids is 1. The third-order valence-corrected chi connectivity index (χ3v) is 7.17. The minimum atomic E-state index is -3.44. The molecule has 0 radical (unpaired) electrons. The lowest BCUT2D eigenvalue weighted by Crippen LogP contribution is -2.23. The molecule has 3 aromatic carbocycles. The molecular weight excluding hydrogens is 500 g/mol. The number of carboxylic acids is 1. The Morgan fingerprint density at radius 2 is 1.55 bits per heavy atom. The first-order valence-corrected chi connectivity index (χ1v) is 13.6. The Labute approximate surface area is 221 Å². The molecule has 1 heterocycles. The number of nitrogens with one attached hydrogen (secondary N) is 1. The van der Waals surface area contributed by atoms with Gasteiger partial charge in [0, 0.05) is 24.1 Å². The van der Waals surface area contributed by atoms with Crippen LogP contribution in [-0.2, 0) is 21.2 Å². The summed E-state index contributed by atoms with van der Waals surface area (Å²) in [5, 5.41) is 11.7. The predicted octanol–water partition coefficient (Wildman–Crippen LogP) is 5.16. The summed E-state index contributed by atoms with van der Waals surface area (Å²) in [7, 11) is -3.44. The molecule has 0 unspecified atom stereocenters. The number of amides is 1. The van der Waals surface area contributed by atoms with Gasteiger partial charge in [-0.05, 0) is 82.8 Å². The van der Waals surface area contributed by atoms with Gasteiger partial charge in [-0.2, -0.15) is 0 Å². The largest absolute Gasteiger partial charge is 0.478 e. The Balaban J connectivity index is 1.52. The molecule has 0 aliphatic heterocycles. The van der Waals surface area contributed by atoms with Crippen LogP contribution in [0.1, 0.15) is 27.2 Å². The van der Waals surface area contributed by atoms with Crippen LogP contribution in [0.5, 0.6) is 0 Å². The summed E-state index contributed by atoms with van der Waals surface area (Å²) < 4.78 is 24.0. The van der Waals surface area contributed by atoms with E-state index in [4.69, 9.17) is 5.11 Å². The van der Waals surface area contributed by atoms with Gasteiger partial charge in [0.1, 0.15) is 0 Å². The SMILES string of the molecule is Cc1ccc(C(=O)NCc2cc(-c3cccc(-c4cccc(/C=C/C(=O)O)c4)c3)ccn2)cc1S(C)(=O)=O. The van der Waals surface area contributed by atoms with Gasteiger partial charge in [0.2, 0.25) is 0 Å². The predicted molar refractivity (Wildman–Crippen MR) is 147 cm³/mol. The minimum Gasteiger partial charge on any atom is -0.478 e. The summed E-state index contributed by atoms with van der Waals surface area (Å²) in [4.78, 5) is 28.0. The van der Waals surface area contributed by atoms with Crippen molar-refractivity contribution in [1.82, 2.24) is 10.3 Å². The van der Waals surface area contributed by atoms with Crippen molar-refractivity contribution in [3.63, 3.8) is 0 Å². The van der Waals surface area contributed by atoms with E-state index in [2.05, 4.69) is 10.3 Å². The Hall–Kier alpha value is -4.56. The number of aromatic nitrogens is 1. The van der Waals surface area contributed by atoms with E-state index < -0.39 is 15.8 Å². The average molecular weight is 527 g/mol. The molecule has 0 aliphatic carbocycles. The van der Waals surface area contributed by atoms with Crippen molar-refractivity contribution in [3.8, 4) is 22.3 Å². The normalized spacial score (nSPS) is 11.4. The summed E-state index contributed by atoms with van der Waals surface area (Å²) in [6, 6.07) is 23.9. The summed E-state index contributed by atoms with van der Waals surface area (Å²) in [6.07, 6.45) is 5.46. The highest BCUT2D eigenvalue weighted by molar-refractivity contribution is 7.90. The lowest BCUT2D eigenvalue weighted by Gasteiger charge is -2.10. The molecule has 0 spiro atoms. The van der Waals surface area contributed by atoms with Gasteiger partial charge in [-0.3, -0.25) is 9.78 Å². The highest BCUT2D eigenvalue weighted by atomic mass is 32.2. The quantitative estimate of drug-likeness (QED) is 0.307. The second-order valence-electron chi connectivity index (χ2n) is 8.85. The van der Waals surface area contributed by atoms with Crippen LogP contribution < -0.4 is 5.32 Å². The van der Waals surface area contributed by atoms with Crippen LogP contribution in [0, 0.1) is 6.92 Å². The number of rotatable bonds is 8. The van der Waals surface area contributed by atoms with Gasteiger partial charge in [-0.15, -0.1) is 0 Å². The fourth-order valence-electron chi connectivity index (χ4n) is 4.04. The molecule has 1 amide bonds. The molecule has 0 atom stereocenters. The van der Waals surface area contributed by atoms with Crippen LogP contribution in [0.3, 0.4) is 0 Å². The third-order valence-electron chi connectivity index (χ3n) is 5.93. The molecule has 1 aromatic heterocycles. The maximum atomic E-state index is 12.7. The number of sulfone groups is 1. The van der Waals surface area contributed by atoms with Crippen molar-refractivity contribution >= 4 is 27.8 Å². The number of nitrogens with zero attached hydrogens (tertiary/aromatic N) is 1. The molecule has 2 N–H and O–H groups in total. The van der Waals surface area contributed by atoms with Crippen molar-refractivity contribution in [2.45, 2.75) is 18.4 Å². The van der Waals surface area contributed by atoms with E-state index in [0.717, 1.165) is 40.1 Å². The third kappa shape index (κ3) is 6.60. The first kappa shape index (κ1) is 26.5. The Morgan fingerprint density at radius 1 is 0.895 bits per heavy atom. The minimum absolute atomic E-state index is 0.133. The van der Waals surface area contributed by atoms with Gasteiger partial charge in [0.15, 0.2) is 9.84 Å². The second kappa shape index (κ2) is 11.2. The number of aliphatic carboxylic acids is 1. The van der Waals surface area contributed by atoms with Gasteiger partial charge in [0.05, 0.1) is 17.1 Å². The Kier molecular flexibility index (Phi) is 7.83. The summed E-state index contributed by atoms with van der Waals surface area (Å²) in [6.45, 7) is 1.86. The van der Waals surface area contributed by atoms with Crippen LogP contribution in [0.15, 0.2) is 96.0 Å². The first-order valence-electron chi connectivity index (χ1n) is 11.8. The number of hydrogen-bond donors (Lipinski definition) is 2. The van der Waals surface area contributed by atoms with Crippen molar-refractivity contribution in [2.24, 2.45) is 0 Å². The van der Waals surface area contributed by atoms with E-state index in [1.54, 1.807) is 31.3 Å². The molecule has 0 fully saturated rings. The van der Waals surface area contributed by atoms with E-state index in [9.17, 15) is 18.0 Å². The number of benzene rings is 3. The standard InChI is InChI=1S/C30H26N2O5S/c1-20-9-11-26(18-28(20)38(2,36)37)30(35)32-19-27-17-25(13-14-31-27)24-8-4-7-23(16-24)22-6-3-5-21(15-22)10-12-29(33)34/h3-18H,19H2,1-2H3,(H,32,35)(H,33,34)/b12-10+. The van der Waals surface area contributed by atoms with E-state index in [1.165, 1.54) is 6.07 Å². The van der Waals surface area contributed by atoms with Crippen LogP contribution in [0.25, 0.3) is 28.3 Å². The topological polar surface area (TPSA) is 113 Å². The second-order valence-corrected chi connectivity index (χ2v) is 10.8.